The lowest BCUT2D eigenvalue weighted by molar-refractivity contribution is 0.603. The fourth-order valence-corrected chi connectivity index (χ4v) is 1.19. The molecule has 0 saturated carbocycles. The first-order valence-electron chi connectivity index (χ1n) is 3.78. The molecule has 1 heterocycles. The lowest BCUT2D eigenvalue weighted by atomic mass is 10.2. The second kappa shape index (κ2) is 2.53. The Morgan fingerprint density at radius 3 is 2.73 bits per heavy atom. The summed E-state index contributed by atoms with van der Waals surface area (Å²) in [7, 11) is 0. The summed E-state index contributed by atoms with van der Waals surface area (Å²) in [5.41, 5.74) is 0.955. The lowest BCUT2D eigenvalue weighted by Gasteiger charge is -2.33. The molecule has 2 heteroatoms. The summed E-state index contributed by atoms with van der Waals surface area (Å²) in [6.45, 7) is 2.11. The van der Waals surface area contributed by atoms with Gasteiger partial charge in [-0.2, -0.15) is 0 Å². The van der Waals surface area contributed by atoms with Gasteiger partial charge in [-0.3, -0.25) is 0 Å². The first-order chi connectivity index (χ1) is 5.36. The molecule has 1 aliphatic heterocycles. The van der Waals surface area contributed by atoms with Crippen molar-refractivity contribution in [3.8, 4) is 0 Å². The van der Waals surface area contributed by atoms with Crippen LogP contribution in [0, 0.1) is 11.9 Å². The molecule has 1 aromatic rings. The average Bonchev–Trinajstić information content (AvgIpc) is 1.83. The molecule has 0 aliphatic carbocycles. The van der Waals surface area contributed by atoms with Crippen molar-refractivity contribution in [3.63, 3.8) is 0 Å². The Kier molecular flexibility index (Phi) is 1.53. The molecule has 1 fully saturated rings. The molecule has 1 aromatic carbocycles. The van der Waals surface area contributed by atoms with Gasteiger partial charge >= 0.3 is 0 Å². The Hall–Kier alpha value is -1.05. The van der Waals surface area contributed by atoms with Crippen LogP contribution in [0.3, 0.4) is 0 Å². The molecule has 1 aliphatic rings. The van der Waals surface area contributed by atoms with E-state index in [4.69, 9.17) is 0 Å². The summed E-state index contributed by atoms with van der Waals surface area (Å²) < 4.78 is 12.6. The number of hydrogen-bond acceptors (Lipinski definition) is 1. The van der Waals surface area contributed by atoms with E-state index in [2.05, 4.69) is 11.0 Å². The fraction of sp³-hybridized carbons (Fsp3) is 0.333. The zero-order valence-electron chi connectivity index (χ0n) is 6.18. The second-order valence-corrected chi connectivity index (χ2v) is 2.75. The van der Waals surface area contributed by atoms with E-state index >= 15 is 0 Å². The Morgan fingerprint density at radius 2 is 2.18 bits per heavy atom. The predicted octanol–water partition coefficient (Wildman–Crippen LogP) is 1.84. The zero-order valence-corrected chi connectivity index (χ0v) is 6.18. The van der Waals surface area contributed by atoms with Crippen LogP contribution in [-0.4, -0.2) is 13.1 Å². The number of benzene rings is 1. The van der Waals surface area contributed by atoms with Crippen molar-refractivity contribution >= 4 is 5.69 Å². The summed E-state index contributed by atoms with van der Waals surface area (Å²) in [4.78, 5) is 2.14. The zero-order chi connectivity index (χ0) is 7.68. The molecule has 0 bridgehead atoms. The largest absolute Gasteiger partial charge is 0.371 e. The molecular formula is C9H9FN. The van der Waals surface area contributed by atoms with Crippen molar-refractivity contribution in [2.45, 2.75) is 6.42 Å². The van der Waals surface area contributed by atoms with E-state index in [-0.39, 0.29) is 5.82 Å². The molecule has 1 saturated heterocycles. The number of hydrogen-bond donors (Lipinski definition) is 0. The molecular weight excluding hydrogens is 141 g/mol. The third-order valence-corrected chi connectivity index (χ3v) is 1.96. The fourth-order valence-electron chi connectivity index (χ4n) is 1.19. The maximum absolute atomic E-state index is 12.6. The summed E-state index contributed by atoms with van der Waals surface area (Å²) in [5, 5.41) is 0. The van der Waals surface area contributed by atoms with E-state index in [1.165, 1.54) is 12.5 Å². The highest BCUT2D eigenvalue weighted by Gasteiger charge is 2.13. The standard InChI is InChI=1S/C9H9FN/c10-8-3-1-4-9(7-8)11-5-2-6-11/h3-4,7H,2,5-6H2. The molecule has 57 valence electrons. The monoisotopic (exact) mass is 150 g/mol. The van der Waals surface area contributed by atoms with Gasteiger partial charge in [0.25, 0.3) is 0 Å². The van der Waals surface area contributed by atoms with Crippen LogP contribution in [0.1, 0.15) is 6.42 Å². The topological polar surface area (TPSA) is 3.24 Å². The van der Waals surface area contributed by atoms with E-state index in [1.54, 1.807) is 6.07 Å². The maximum Gasteiger partial charge on any atom is 0.125 e. The van der Waals surface area contributed by atoms with Crippen molar-refractivity contribution < 1.29 is 4.39 Å². The number of nitrogens with zero attached hydrogens (tertiary/aromatic N) is 1. The maximum atomic E-state index is 12.6. The van der Waals surface area contributed by atoms with E-state index in [1.807, 2.05) is 6.07 Å². The van der Waals surface area contributed by atoms with Crippen LogP contribution in [0.25, 0.3) is 0 Å². The molecule has 0 unspecified atom stereocenters. The van der Waals surface area contributed by atoms with E-state index < -0.39 is 0 Å². The third-order valence-electron chi connectivity index (χ3n) is 1.96. The number of rotatable bonds is 1. The first-order valence-corrected chi connectivity index (χ1v) is 3.78. The smallest absolute Gasteiger partial charge is 0.125 e. The van der Waals surface area contributed by atoms with Crippen molar-refractivity contribution in [2.24, 2.45) is 0 Å². The molecule has 2 rings (SSSR count). The minimum atomic E-state index is -0.200. The van der Waals surface area contributed by atoms with Gasteiger partial charge in [0.1, 0.15) is 5.82 Å². The normalized spacial score (nSPS) is 16.3. The molecule has 1 radical (unpaired) electrons. The molecule has 0 spiro atoms. The van der Waals surface area contributed by atoms with Gasteiger partial charge in [-0.1, -0.05) is 0 Å². The lowest BCUT2D eigenvalue weighted by Crippen LogP contribution is -2.36. The van der Waals surface area contributed by atoms with Gasteiger partial charge in [0.15, 0.2) is 0 Å². The van der Waals surface area contributed by atoms with Gasteiger partial charge in [0.2, 0.25) is 0 Å². The molecule has 0 amide bonds. The van der Waals surface area contributed by atoms with Crippen molar-refractivity contribution in [3.05, 3.63) is 30.1 Å². The highest BCUT2D eigenvalue weighted by Crippen LogP contribution is 2.20. The average molecular weight is 150 g/mol. The van der Waals surface area contributed by atoms with Crippen LogP contribution in [0.2, 0.25) is 0 Å². The van der Waals surface area contributed by atoms with Gasteiger partial charge in [0, 0.05) is 18.8 Å². The SMILES string of the molecule is Fc1c[c]cc(N2CCC2)c1. The Balaban J connectivity index is 2.23. The number of halogens is 1. The van der Waals surface area contributed by atoms with Gasteiger partial charge in [-0.15, -0.1) is 0 Å². The summed E-state index contributed by atoms with van der Waals surface area (Å²) >= 11 is 0. The van der Waals surface area contributed by atoms with Crippen molar-refractivity contribution in [1.29, 1.82) is 0 Å². The molecule has 0 atom stereocenters. The minimum Gasteiger partial charge on any atom is -0.371 e. The van der Waals surface area contributed by atoms with Crippen LogP contribution in [0.15, 0.2) is 18.2 Å². The van der Waals surface area contributed by atoms with E-state index in [0.29, 0.717) is 0 Å². The van der Waals surface area contributed by atoms with Crippen LogP contribution >= 0.6 is 0 Å². The molecule has 1 nitrogen and oxygen atoms in total. The van der Waals surface area contributed by atoms with Crippen molar-refractivity contribution in [2.75, 3.05) is 18.0 Å². The third kappa shape index (κ3) is 1.20. The Morgan fingerprint density at radius 1 is 1.36 bits per heavy atom. The summed E-state index contributed by atoms with van der Waals surface area (Å²) in [5.74, 6) is -0.200. The van der Waals surface area contributed by atoms with Crippen LogP contribution in [0.4, 0.5) is 10.1 Å². The van der Waals surface area contributed by atoms with Crippen LogP contribution < -0.4 is 4.90 Å². The Bertz CT molecular complexity index is 255. The Labute approximate surface area is 65.4 Å². The van der Waals surface area contributed by atoms with Gasteiger partial charge in [-0.05, 0) is 30.7 Å². The van der Waals surface area contributed by atoms with Gasteiger partial charge in [0.05, 0.1) is 0 Å². The van der Waals surface area contributed by atoms with E-state index in [9.17, 15) is 4.39 Å². The van der Waals surface area contributed by atoms with Crippen molar-refractivity contribution in [1.82, 2.24) is 0 Å². The predicted molar refractivity (Wildman–Crippen MR) is 42.1 cm³/mol. The second-order valence-electron chi connectivity index (χ2n) is 2.75. The van der Waals surface area contributed by atoms with Gasteiger partial charge in [-0.25, -0.2) is 4.39 Å². The summed E-state index contributed by atoms with van der Waals surface area (Å²) in [6, 6.07) is 7.49. The minimum absolute atomic E-state index is 0.200. The van der Waals surface area contributed by atoms with Crippen LogP contribution in [-0.2, 0) is 0 Å². The highest BCUT2D eigenvalue weighted by molar-refractivity contribution is 5.47. The van der Waals surface area contributed by atoms with Crippen LogP contribution in [0.5, 0.6) is 0 Å². The highest BCUT2D eigenvalue weighted by atomic mass is 19.1. The molecule has 11 heavy (non-hydrogen) atoms. The van der Waals surface area contributed by atoms with Gasteiger partial charge < -0.3 is 4.90 Å². The number of anilines is 1. The quantitative estimate of drug-likeness (QED) is 0.590. The summed E-state index contributed by atoms with van der Waals surface area (Å²) in [6.07, 6.45) is 1.22. The molecule has 0 aromatic heterocycles. The van der Waals surface area contributed by atoms with E-state index in [0.717, 1.165) is 18.8 Å². The molecule has 0 N–H and O–H groups in total. The first kappa shape index (κ1) is 6.65.